The maximum atomic E-state index is 11.8. The fraction of sp³-hybridized carbons (Fsp3) is 0.375. The van der Waals surface area contributed by atoms with E-state index in [9.17, 15) is 4.79 Å². The van der Waals surface area contributed by atoms with Gasteiger partial charge in [-0.05, 0) is 19.4 Å². The van der Waals surface area contributed by atoms with Gasteiger partial charge in [0.2, 0.25) is 5.91 Å². The molecule has 3 N–H and O–H groups in total. The number of nitrogens with two attached hydrogens (primary N) is 1. The van der Waals surface area contributed by atoms with Gasteiger partial charge in [0, 0.05) is 17.4 Å². The van der Waals surface area contributed by atoms with Crippen LogP contribution in [0.1, 0.15) is 32.1 Å². The van der Waals surface area contributed by atoms with Crippen molar-refractivity contribution in [3.63, 3.8) is 0 Å². The first-order valence-electron chi connectivity index (χ1n) is 7.30. The number of carbonyl (C=O) groups is 1. The molecule has 0 atom stereocenters. The average molecular weight is 340 g/mol. The second-order valence-corrected chi connectivity index (χ2v) is 5.76. The second kappa shape index (κ2) is 10.3. The highest BCUT2D eigenvalue weighted by Gasteiger charge is 2.07. The number of unbranched alkanes of at least 4 members (excludes halogenated alkanes) is 3. The van der Waals surface area contributed by atoms with Crippen molar-refractivity contribution in [1.29, 1.82) is 0 Å². The summed E-state index contributed by atoms with van der Waals surface area (Å²) in [5.74, 6) is 0.0386. The molecule has 0 radical (unpaired) electrons. The molecule has 0 spiro atoms. The first kappa shape index (κ1) is 18.6. The Hall–Kier alpha value is -1.43. The summed E-state index contributed by atoms with van der Waals surface area (Å²) >= 11 is 1.46. The van der Waals surface area contributed by atoms with Gasteiger partial charge in [0.1, 0.15) is 0 Å². The summed E-state index contributed by atoms with van der Waals surface area (Å²) in [5.41, 5.74) is 7.40. The van der Waals surface area contributed by atoms with Gasteiger partial charge in [-0.2, -0.15) is 0 Å². The summed E-state index contributed by atoms with van der Waals surface area (Å²) < 4.78 is 0. The Morgan fingerprint density at radius 2 is 1.86 bits per heavy atom. The maximum absolute atomic E-state index is 11.8. The molecule has 0 aliphatic carbocycles. The molecule has 2 aromatic rings. The summed E-state index contributed by atoms with van der Waals surface area (Å²) in [4.78, 5) is 16.3. The van der Waals surface area contributed by atoms with E-state index in [0.29, 0.717) is 11.6 Å². The van der Waals surface area contributed by atoms with E-state index < -0.39 is 0 Å². The van der Waals surface area contributed by atoms with Crippen LogP contribution in [0.15, 0.2) is 35.7 Å². The molecule has 22 heavy (non-hydrogen) atoms. The third kappa shape index (κ3) is 6.13. The van der Waals surface area contributed by atoms with Crippen LogP contribution in [0.4, 0.5) is 5.13 Å². The van der Waals surface area contributed by atoms with E-state index in [-0.39, 0.29) is 18.3 Å². The minimum absolute atomic E-state index is 0. The number of hydrogen-bond donors (Lipinski definition) is 2. The molecular formula is C16H22ClN3OS. The molecule has 0 fully saturated rings. The summed E-state index contributed by atoms with van der Waals surface area (Å²) in [6.45, 7) is 0.730. The van der Waals surface area contributed by atoms with Crippen molar-refractivity contribution in [2.45, 2.75) is 32.1 Å². The normalized spacial score (nSPS) is 10.0. The van der Waals surface area contributed by atoms with E-state index in [1.807, 2.05) is 35.7 Å². The Labute approximate surface area is 141 Å². The lowest BCUT2D eigenvalue weighted by atomic mass is 10.1. The number of amides is 1. The van der Waals surface area contributed by atoms with Crippen molar-refractivity contribution in [3.8, 4) is 11.3 Å². The smallest absolute Gasteiger partial charge is 0.226 e. The molecule has 0 bridgehead atoms. The number of thiazole rings is 1. The highest BCUT2D eigenvalue weighted by molar-refractivity contribution is 7.14. The molecule has 6 heteroatoms. The average Bonchev–Trinajstić information content (AvgIpc) is 2.96. The van der Waals surface area contributed by atoms with Crippen molar-refractivity contribution < 1.29 is 4.79 Å². The number of halogens is 1. The predicted molar refractivity (Wildman–Crippen MR) is 95.6 cm³/mol. The minimum Gasteiger partial charge on any atom is -0.330 e. The highest BCUT2D eigenvalue weighted by atomic mass is 35.5. The lowest BCUT2D eigenvalue weighted by Gasteiger charge is -2.01. The van der Waals surface area contributed by atoms with Gasteiger partial charge in [-0.1, -0.05) is 43.2 Å². The molecular weight excluding hydrogens is 318 g/mol. The molecule has 0 aliphatic heterocycles. The van der Waals surface area contributed by atoms with Crippen LogP contribution < -0.4 is 11.1 Å². The molecule has 0 aliphatic rings. The molecule has 1 aromatic carbocycles. The maximum Gasteiger partial charge on any atom is 0.226 e. The van der Waals surface area contributed by atoms with Gasteiger partial charge in [-0.25, -0.2) is 4.98 Å². The van der Waals surface area contributed by atoms with E-state index in [1.54, 1.807) is 0 Å². The van der Waals surface area contributed by atoms with E-state index in [0.717, 1.165) is 43.5 Å². The van der Waals surface area contributed by atoms with Crippen LogP contribution in [0.2, 0.25) is 0 Å². The highest BCUT2D eigenvalue weighted by Crippen LogP contribution is 2.24. The number of benzene rings is 1. The first-order chi connectivity index (χ1) is 10.3. The number of hydrogen-bond acceptors (Lipinski definition) is 4. The predicted octanol–water partition coefficient (Wildman–Crippen LogP) is 4.08. The Balaban J connectivity index is 0.00000242. The molecule has 1 amide bonds. The number of nitrogens with zero attached hydrogens (tertiary/aromatic N) is 1. The van der Waals surface area contributed by atoms with Crippen molar-refractivity contribution in [2.75, 3.05) is 11.9 Å². The zero-order valence-corrected chi connectivity index (χ0v) is 14.1. The first-order valence-corrected chi connectivity index (χ1v) is 8.18. The zero-order valence-electron chi connectivity index (χ0n) is 12.5. The number of nitrogens with one attached hydrogen (secondary N) is 1. The lowest BCUT2D eigenvalue weighted by molar-refractivity contribution is -0.116. The number of rotatable bonds is 8. The third-order valence-electron chi connectivity index (χ3n) is 3.18. The van der Waals surface area contributed by atoms with E-state index >= 15 is 0 Å². The Morgan fingerprint density at radius 3 is 2.59 bits per heavy atom. The van der Waals surface area contributed by atoms with Crippen molar-refractivity contribution in [2.24, 2.45) is 5.73 Å². The van der Waals surface area contributed by atoms with Crippen molar-refractivity contribution in [3.05, 3.63) is 35.7 Å². The second-order valence-electron chi connectivity index (χ2n) is 4.90. The van der Waals surface area contributed by atoms with E-state index in [2.05, 4.69) is 10.3 Å². The molecule has 0 saturated carbocycles. The summed E-state index contributed by atoms with van der Waals surface area (Å²) in [5, 5.41) is 5.50. The quantitative estimate of drug-likeness (QED) is 0.712. The lowest BCUT2D eigenvalue weighted by Crippen LogP contribution is -2.10. The van der Waals surface area contributed by atoms with Crippen LogP contribution in [-0.4, -0.2) is 17.4 Å². The topological polar surface area (TPSA) is 68.0 Å². The van der Waals surface area contributed by atoms with Gasteiger partial charge in [-0.15, -0.1) is 23.7 Å². The van der Waals surface area contributed by atoms with Crippen LogP contribution in [0.25, 0.3) is 11.3 Å². The molecule has 4 nitrogen and oxygen atoms in total. The summed E-state index contributed by atoms with van der Waals surface area (Å²) in [6.07, 6.45) is 4.64. The Kier molecular flexibility index (Phi) is 8.74. The fourth-order valence-electron chi connectivity index (χ4n) is 2.04. The molecule has 1 heterocycles. The van der Waals surface area contributed by atoms with E-state index in [1.165, 1.54) is 11.3 Å². The van der Waals surface area contributed by atoms with Crippen molar-refractivity contribution >= 4 is 34.8 Å². The molecule has 0 saturated heterocycles. The number of carbonyl (C=O) groups excluding carboxylic acids is 1. The van der Waals surface area contributed by atoms with Gasteiger partial charge in [0.05, 0.1) is 5.69 Å². The Bertz CT molecular complexity index is 560. The van der Waals surface area contributed by atoms with Gasteiger partial charge in [0.25, 0.3) is 0 Å². The van der Waals surface area contributed by atoms with Crippen molar-refractivity contribution in [1.82, 2.24) is 4.98 Å². The van der Waals surface area contributed by atoms with Gasteiger partial charge >= 0.3 is 0 Å². The SMILES string of the molecule is Cl.NCCCCCCC(=O)Nc1nc(-c2ccccc2)cs1. The fourth-order valence-corrected chi connectivity index (χ4v) is 2.77. The monoisotopic (exact) mass is 339 g/mol. The van der Waals surface area contributed by atoms with E-state index in [4.69, 9.17) is 5.73 Å². The zero-order chi connectivity index (χ0) is 14.9. The minimum atomic E-state index is 0. The summed E-state index contributed by atoms with van der Waals surface area (Å²) in [6, 6.07) is 9.96. The van der Waals surface area contributed by atoms with Gasteiger partial charge in [-0.3, -0.25) is 4.79 Å². The van der Waals surface area contributed by atoms with Crippen LogP contribution in [0, 0.1) is 0 Å². The van der Waals surface area contributed by atoms with Crippen LogP contribution in [0.5, 0.6) is 0 Å². The largest absolute Gasteiger partial charge is 0.330 e. The Morgan fingerprint density at radius 1 is 1.14 bits per heavy atom. The molecule has 2 rings (SSSR count). The third-order valence-corrected chi connectivity index (χ3v) is 3.94. The molecule has 120 valence electrons. The number of anilines is 1. The van der Waals surface area contributed by atoms with Crippen LogP contribution in [0.3, 0.4) is 0 Å². The van der Waals surface area contributed by atoms with Gasteiger partial charge < -0.3 is 11.1 Å². The van der Waals surface area contributed by atoms with Crippen LogP contribution >= 0.6 is 23.7 Å². The molecule has 0 unspecified atom stereocenters. The molecule has 1 aromatic heterocycles. The van der Waals surface area contributed by atoms with Crippen LogP contribution in [-0.2, 0) is 4.79 Å². The standard InChI is InChI=1S/C16H21N3OS.ClH/c17-11-7-2-1-6-10-15(20)19-16-18-14(12-21-16)13-8-4-3-5-9-13;/h3-5,8-9,12H,1-2,6-7,10-11,17H2,(H,18,19,20);1H. The number of aromatic nitrogens is 1. The summed E-state index contributed by atoms with van der Waals surface area (Å²) in [7, 11) is 0. The van der Waals surface area contributed by atoms with Gasteiger partial charge in [0.15, 0.2) is 5.13 Å².